The van der Waals surface area contributed by atoms with Crippen LogP contribution in [-0.2, 0) is 9.53 Å². The Morgan fingerprint density at radius 1 is 1.17 bits per heavy atom. The molecule has 2 aliphatic carbocycles. The van der Waals surface area contributed by atoms with Gasteiger partial charge in [0.1, 0.15) is 6.61 Å². The predicted octanol–water partition coefficient (Wildman–Crippen LogP) is 1.72. The van der Waals surface area contributed by atoms with Gasteiger partial charge in [0.25, 0.3) is 0 Å². The molecule has 18 heavy (non-hydrogen) atoms. The van der Waals surface area contributed by atoms with Crippen LogP contribution in [0.25, 0.3) is 0 Å². The fourth-order valence-electron chi connectivity index (χ4n) is 3.09. The van der Waals surface area contributed by atoms with Gasteiger partial charge in [-0.1, -0.05) is 32.1 Å². The molecule has 0 aliphatic heterocycles. The SMILES string of the molecule is NC1(COCC(=O)NC2CCCC2)CCCCC1. The molecule has 0 radical (unpaired) electrons. The fraction of sp³-hybridized carbons (Fsp3) is 0.929. The van der Waals surface area contributed by atoms with E-state index in [9.17, 15) is 4.79 Å². The number of nitrogens with two attached hydrogens (primary N) is 1. The molecule has 3 N–H and O–H groups in total. The molecule has 4 nitrogen and oxygen atoms in total. The monoisotopic (exact) mass is 254 g/mol. The second kappa shape index (κ2) is 6.53. The Hall–Kier alpha value is -0.610. The van der Waals surface area contributed by atoms with Gasteiger partial charge in [-0.25, -0.2) is 0 Å². The quantitative estimate of drug-likeness (QED) is 0.785. The zero-order valence-electron chi connectivity index (χ0n) is 11.2. The largest absolute Gasteiger partial charge is 0.370 e. The normalized spacial score (nSPS) is 24.1. The topological polar surface area (TPSA) is 64.3 Å². The van der Waals surface area contributed by atoms with Crippen molar-refractivity contribution in [2.24, 2.45) is 5.73 Å². The first-order chi connectivity index (χ1) is 8.68. The van der Waals surface area contributed by atoms with E-state index < -0.39 is 0 Å². The van der Waals surface area contributed by atoms with Gasteiger partial charge in [-0.2, -0.15) is 0 Å². The summed E-state index contributed by atoms with van der Waals surface area (Å²) in [5.74, 6) is 0.0151. The number of amides is 1. The van der Waals surface area contributed by atoms with Gasteiger partial charge in [-0.05, 0) is 25.7 Å². The number of carbonyl (C=O) groups excluding carboxylic acids is 1. The lowest BCUT2D eigenvalue weighted by molar-refractivity contribution is -0.127. The van der Waals surface area contributed by atoms with Gasteiger partial charge in [-0.15, -0.1) is 0 Å². The Labute approximate surface area is 110 Å². The second-order valence-electron chi connectivity index (χ2n) is 5.96. The zero-order chi connectivity index (χ0) is 12.8. The van der Waals surface area contributed by atoms with Crippen molar-refractivity contribution in [2.75, 3.05) is 13.2 Å². The van der Waals surface area contributed by atoms with Crippen molar-refractivity contribution in [1.29, 1.82) is 0 Å². The molecule has 0 unspecified atom stereocenters. The molecule has 0 aromatic carbocycles. The summed E-state index contributed by atoms with van der Waals surface area (Å²) in [6.07, 6.45) is 10.4. The third kappa shape index (κ3) is 4.25. The van der Waals surface area contributed by atoms with Gasteiger partial charge in [0.15, 0.2) is 0 Å². The third-order valence-corrected chi connectivity index (χ3v) is 4.19. The first-order valence-electron chi connectivity index (χ1n) is 7.34. The van der Waals surface area contributed by atoms with Crippen LogP contribution in [0.3, 0.4) is 0 Å². The molecule has 2 saturated carbocycles. The summed E-state index contributed by atoms with van der Waals surface area (Å²) in [6.45, 7) is 0.681. The minimum Gasteiger partial charge on any atom is -0.370 e. The Morgan fingerprint density at radius 3 is 2.50 bits per heavy atom. The molecule has 0 spiro atoms. The van der Waals surface area contributed by atoms with Gasteiger partial charge in [0.05, 0.1) is 6.61 Å². The van der Waals surface area contributed by atoms with Crippen LogP contribution in [0, 0.1) is 0 Å². The number of ether oxygens (including phenoxy) is 1. The van der Waals surface area contributed by atoms with Crippen molar-refractivity contribution in [3.8, 4) is 0 Å². The van der Waals surface area contributed by atoms with Crippen LogP contribution >= 0.6 is 0 Å². The van der Waals surface area contributed by atoms with E-state index in [1.165, 1.54) is 32.1 Å². The molecule has 2 fully saturated rings. The average Bonchev–Trinajstić information content (AvgIpc) is 2.82. The van der Waals surface area contributed by atoms with Crippen LogP contribution in [0.15, 0.2) is 0 Å². The third-order valence-electron chi connectivity index (χ3n) is 4.19. The van der Waals surface area contributed by atoms with E-state index in [2.05, 4.69) is 5.32 Å². The standard InChI is InChI=1S/C14H26N2O2/c15-14(8-4-1-5-9-14)11-18-10-13(17)16-12-6-2-3-7-12/h12H,1-11,15H2,(H,16,17). The summed E-state index contributed by atoms with van der Waals surface area (Å²) in [5, 5.41) is 3.02. The van der Waals surface area contributed by atoms with E-state index in [0.717, 1.165) is 25.7 Å². The Balaban J connectivity index is 1.60. The molecule has 0 saturated heterocycles. The smallest absolute Gasteiger partial charge is 0.246 e. The maximum atomic E-state index is 11.7. The molecule has 104 valence electrons. The molecule has 4 heteroatoms. The van der Waals surface area contributed by atoms with Crippen molar-refractivity contribution in [1.82, 2.24) is 5.32 Å². The number of nitrogens with one attached hydrogen (secondary N) is 1. The van der Waals surface area contributed by atoms with Crippen LogP contribution < -0.4 is 11.1 Å². The summed E-state index contributed by atoms with van der Waals surface area (Å²) < 4.78 is 5.51. The summed E-state index contributed by atoms with van der Waals surface area (Å²) in [6, 6.07) is 0.377. The van der Waals surface area contributed by atoms with E-state index >= 15 is 0 Å². The highest BCUT2D eigenvalue weighted by molar-refractivity contribution is 5.77. The minimum absolute atomic E-state index is 0.0151. The van der Waals surface area contributed by atoms with Gasteiger partial charge >= 0.3 is 0 Å². The van der Waals surface area contributed by atoms with Crippen LogP contribution in [0.2, 0.25) is 0 Å². The predicted molar refractivity (Wildman–Crippen MR) is 71.2 cm³/mol. The highest BCUT2D eigenvalue weighted by Gasteiger charge is 2.28. The Kier molecular flexibility index (Phi) is 5.01. The van der Waals surface area contributed by atoms with Crippen molar-refractivity contribution in [2.45, 2.75) is 69.4 Å². The van der Waals surface area contributed by atoms with Gasteiger partial charge in [0.2, 0.25) is 5.91 Å². The lowest BCUT2D eigenvalue weighted by Crippen LogP contribution is -2.47. The van der Waals surface area contributed by atoms with Crippen molar-refractivity contribution in [3.05, 3.63) is 0 Å². The number of hydrogen-bond acceptors (Lipinski definition) is 3. The summed E-state index contributed by atoms with van der Waals surface area (Å²) in [5.41, 5.74) is 6.06. The number of hydrogen-bond donors (Lipinski definition) is 2. The van der Waals surface area contributed by atoms with Crippen LogP contribution in [0.1, 0.15) is 57.8 Å². The van der Waals surface area contributed by atoms with Crippen molar-refractivity contribution >= 4 is 5.91 Å². The molecule has 0 aromatic rings. The summed E-state index contributed by atoms with van der Waals surface area (Å²) >= 11 is 0. The van der Waals surface area contributed by atoms with E-state index in [-0.39, 0.29) is 18.1 Å². The molecular formula is C14H26N2O2. The van der Waals surface area contributed by atoms with E-state index in [1.807, 2.05) is 0 Å². The van der Waals surface area contributed by atoms with Gasteiger partial charge in [0, 0.05) is 11.6 Å². The lowest BCUT2D eigenvalue weighted by Gasteiger charge is -2.32. The number of rotatable bonds is 5. The molecule has 1 amide bonds. The molecule has 2 aliphatic rings. The molecule has 0 heterocycles. The highest BCUT2D eigenvalue weighted by atomic mass is 16.5. The molecule has 2 rings (SSSR count). The van der Waals surface area contributed by atoms with E-state index in [4.69, 9.17) is 10.5 Å². The van der Waals surface area contributed by atoms with Gasteiger partial charge < -0.3 is 15.8 Å². The maximum absolute atomic E-state index is 11.7. The number of carbonyl (C=O) groups is 1. The summed E-state index contributed by atoms with van der Waals surface area (Å²) in [4.78, 5) is 11.7. The van der Waals surface area contributed by atoms with Crippen LogP contribution in [0.5, 0.6) is 0 Å². The summed E-state index contributed by atoms with van der Waals surface area (Å²) in [7, 11) is 0. The first kappa shape index (κ1) is 13.8. The van der Waals surface area contributed by atoms with Crippen molar-refractivity contribution < 1.29 is 9.53 Å². The minimum atomic E-state index is -0.189. The van der Waals surface area contributed by atoms with Crippen LogP contribution in [0.4, 0.5) is 0 Å². The van der Waals surface area contributed by atoms with Crippen molar-refractivity contribution in [3.63, 3.8) is 0 Å². The first-order valence-corrected chi connectivity index (χ1v) is 7.34. The average molecular weight is 254 g/mol. The van der Waals surface area contributed by atoms with E-state index in [0.29, 0.717) is 12.6 Å². The molecule has 0 aromatic heterocycles. The molecular weight excluding hydrogens is 228 g/mol. The Bertz CT molecular complexity index is 269. The lowest BCUT2D eigenvalue weighted by atomic mass is 9.83. The van der Waals surface area contributed by atoms with Gasteiger partial charge in [-0.3, -0.25) is 4.79 Å². The zero-order valence-corrected chi connectivity index (χ0v) is 11.2. The molecule has 0 atom stereocenters. The maximum Gasteiger partial charge on any atom is 0.246 e. The fourth-order valence-corrected chi connectivity index (χ4v) is 3.09. The van der Waals surface area contributed by atoms with Crippen LogP contribution in [-0.4, -0.2) is 30.7 Å². The molecule has 0 bridgehead atoms. The second-order valence-corrected chi connectivity index (χ2v) is 5.96. The Morgan fingerprint density at radius 2 is 1.83 bits per heavy atom. The highest BCUT2D eigenvalue weighted by Crippen LogP contribution is 2.25. The van der Waals surface area contributed by atoms with E-state index in [1.54, 1.807) is 0 Å².